The standard InChI is InChI=1S/C16H22Cl2N2O/c1-2-3-7-15(21)20-10-8-19(9-11-20)12-13-5-4-6-14(17)16(13)18/h4-6H,2-3,7-12H2,1H3. The molecule has 1 aliphatic rings. The number of carbonyl (C=O) groups excluding carboxylic acids is 1. The first-order valence-corrected chi connectivity index (χ1v) is 8.30. The lowest BCUT2D eigenvalue weighted by molar-refractivity contribution is -0.133. The quantitative estimate of drug-likeness (QED) is 0.820. The van der Waals surface area contributed by atoms with Crippen molar-refractivity contribution < 1.29 is 4.79 Å². The summed E-state index contributed by atoms with van der Waals surface area (Å²) in [6.07, 6.45) is 2.73. The number of hydrogen-bond acceptors (Lipinski definition) is 2. The second-order valence-corrected chi connectivity index (χ2v) is 6.26. The Morgan fingerprint density at radius 1 is 1.19 bits per heavy atom. The number of amides is 1. The topological polar surface area (TPSA) is 23.6 Å². The molecule has 0 unspecified atom stereocenters. The third-order valence-electron chi connectivity index (χ3n) is 3.89. The van der Waals surface area contributed by atoms with E-state index in [1.165, 1.54) is 0 Å². The molecule has 1 saturated heterocycles. The summed E-state index contributed by atoms with van der Waals surface area (Å²) in [7, 11) is 0. The Morgan fingerprint density at radius 3 is 2.57 bits per heavy atom. The molecule has 0 N–H and O–H groups in total. The number of hydrogen-bond donors (Lipinski definition) is 0. The third kappa shape index (κ3) is 4.60. The Balaban J connectivity index is 1.84. The minimum atomic E-state index is 0.289. The monoisotopic (exact) mass is 328 g/mol. The molecular weight excluding hydrogens is 307 g/mol. The molecule has 0 spiro atoms. The minimum Gasteiger partial charge on any atom is -0.340 e. The van der Waals surface area contributed by atoms with Crippen LogP contribution < -0.4 is 0 Å². The van der Waals surface area contributed by atoms with Crippen LogP contribution in [0.3, 0.4) is 0 Å². The summed E-state index contributed by atoms with van der Waals surface area (Å²) in [5.41, 5.74) is 1.05. The largest absolute Gasteiger partial charge is 0.340 e. The average Bonchev–Trinajstić information content (AvgIpc) is 2.50. The third-order valence-corrected chi connectivity index (χ3v) is 4.75. The van der Waals surface area contributed by atoms with Gasteiger partial charge in [0, 0.05) is 39.1 Å². The summed E-state index contributed by atoms with van der Waals surface area (Å²) >= 11 is 12.3. The molecule has 0 aliphatic carbocycles. The zero-order valence-corrected chi connectivity index (χ0v) is 14.0. The molecule has 0 radical (unpaired) electrons. The highest BCUT2D eigenvalue weighted by atomic mass is 35.5. The molecule has 1 fully saturated rings. The van der Waals surface area contributed by atoms with Gasteiger partial charge in [0.2, 0.25) is 5.91 Å². The van der Waals surface area contributed by atoms with E-state index in [1.54, 1.807) is 6.07 Å². The summed E-state index contributed by atoms with van der Waals surface area (Å²) in [4.78, 5) is 16.3. The average molecular weight is 329 g/mol. The number of rotatable bonds is 5. The molecule has 2 rings (SSSR count). The van der Waals surface area contributed by atoms with Gasteiger partial charge in [-0.2, -0.15) is 0 Å². The lowest BCUT2D eigenvalue weighted by atomic mass is 10.2. The summed E-state index contributed by atoms with van der Waals surface area (Å²) < 4.78 is 0. The molecule has 1 amide bonds. The van der Waals surface area contributed by atoms with E-state index in [9.17, 15) is 4.79 Å². The molecule has 1 aromatic carbocycles. The van der Waals surface area contributed by atoms with E-state index in [4.69, 9.17) is 23.2 Å². The van der Waals surface area contributed by atoms with E-state index < -0.39 is 0 Å². The summed E-state index contributed by atoms with van der Waals surface area (Å²) in [6, 6.07) is 5.73. The van der Waals surface area contributed by atoms with Crippen molar-refractivity contribution in [2.45, 2.75) is 32.7 Å². The van der Waals surface area contributed by atoms with Gasteiger partial charge in [-0.25, -0.2) is 0 Å². The van der Waals surface area contributed by atoms with Crippen molar-refractivity contribution in [3.05, 3.63) is 33.8 Å². The van der Waals surface area contributed by atoms with E-state index in [0.29, 0.717) is 16.5 Å². The molecule has 0 saturated carbocycles. The fourth-order valence-electron chi connectivity index (χ4n) is 2.55. The van der Waals surface area contributed by atoms with Gasteiger partial charge in [-0.3, -0.25) is 9.69 Å². The van der Waals surface area contributed by atoms with E-state index in [2.05, 4.69) is 11.8 Å². The maximum absolute atomic E-state index is 12.0. The molecule has 0 bridgehead atoms. The van der Waals surface area contributed by atoms with E-state index >= 15 is 0 Å². The van der Waals surface area contributed by atoms with Crippen LogP contribution in [0.2, 0.25) is 10.0 Å². The normalized spacial score (nSPS) is 16.2. The summed E-state index contributed by atoms with van der Waals surface area (Å²) in [5, 5.41) is 1.24. The number of nitrogens with zero attached hydrogens (tertiary/aromatic N) is 2. The molecule has 5 heteroatoms. The van der Waals surface area contributed by atoms with E-state index in [-0.39, 0.29) is 5.91 Å². The lowest BCUT2D eigenvalue weighted by Gasteiger charge is -2.35. The van der Waals surface area contributed by atoms with Crippen LogP contribution in [0, 0.1) is 0 Å². The molecule has 0 atom stereocenters. The molecule has 1 aromatic rings. The number of unbranched alkanes of at least 4 members (excludes halogenated alkanes) is 1. The Morgan fingerprint density at radius 2 is 1.90 bits per heavy atom. The van der Waals surface area contributed by atoms with Gasteiger partial charge >= 0.3 is 0 Å². The maximum Gasteiger partial charge on any atom is 0.222 e. The van der Waals surface area contributed by atoms with Crippen molar-refractivity contribution in [2.24, 2.45) is 0 Å². The van der Waals surface area contributed by atoms with Gasteiger partial charge in [-0.1, -0.05) is 48.7 Å². The highest BCUT2D eigenvalue weighted by Gasteiger charge is 2.21. The van der Waals surface area contributed by atoms with Crippen molar-refractivity contribution in [1.29, 1.82) is 0 Å². The number of halogens is 2. The molecule has 0 aromatic heterocycles. The van der Waals surface area contributed by atoms with Crippen molar-refractivity contribution in [3.63, 3.8) is 0 Å². The first-order chi connectivity index (χ1) is 10.1. The van der Waals surface area contributed by atoms with Crippen LogP contribution in [-0.4, -0.2) is 41.9 Å². The Labute approximate surface area is 136 Å². The fraction of sp³-hybridized carbons (Fsp3) is 0.562. The van der Waals surface area contributed by atoms with E-state index in [0.717, 1.165) is 51.1 Å². The van der Waals surface area contributed by atoms with Gasteiger partial charge in [-0.15, -0.1) is 0 Å². The van der Waals surface area contributed by atoms with Gasteiger partial charge in [0.15, 0.2) is 0 Å². The first-order valence-electron chi connectivity index (χ1n) is 7.55. The fourth-order valence-corrected chi connectivity index (χ4v) is 2.93. The maximum atomic E-state index is 12.0. The Bertz CT molecular complexity index is 485. The van der Waals surface area contributed by atoms with Crippen molar-refractivity contribution in [3.8, 4) is 0 Å². The Hall–Kier alpha value is -0.770. The van der Waals surface area contributed by atoms with Gasteiger partial charge in [0.25, 0.3) is 0 Å². The van der Waals surface area contributed by atoms with Crippen LogP contribution in [0.5, 0.6) is 0 Å². The summed E-state index contributed by atoms with van der Waals surface area (Å²) in [6.45, 7) is 6.29. The van der Waals surface area contributed by atoms with Crippen LogP contribution in [0.25, 0.3) is 0 Å². The van der Waals surface area contributed by atoms with Crippen LogP contribution in [-0.2, 0) is 11.3 Å². The molecule has 1 aliphatic heterocycles. The zero-order valence-electron chi connectivity index (χ0n) is 12.4. The molecule has 1 heterocycles. The lowest BCUT2D eigenvalue weighted by Crippen LogP contribution is -2.48. The van der Waals surface area contributed by atoms with Gasteiger partial charge < -0.3 is 4.90 Å². The highest BCUT2D eigenvalue weighted by Crippen LogP contribution is 2.26. The SMILES string of the molecule is CCCCC(=O)N1CCN(Cc2cccc(Cl)c2Cl)CC1. The molecular formula is C16H22Cl2N2O. The van der Waals surface area contributed by atoms with Crippen molar-refractivity contribution >= 4 is 29.1 Å². The zero-order chi connectivity index (χ0) is 15.2. The van der Waals surface area contributed by atoms with Crippen molar-refractivity contribution in [1.82, 2.24) is 9.80 Å². The highest BCUT2D eigenvalue weighted by molar-refractivity contribution is 6.42. The predicted molar refractivity (Wildman–Crippen MR) is 87.8 cm³/mol. The van der Waals surface area contributed by atoms with Crippen LogP contribution in [0.15, 0.2) is 18.2 Å². The van der Waals surface area contributed by atoms with Crippen LogP contribution >= 0.6 is 23.2 Å². The molecule has 21 heavy (non-hydrogen) atoms. The van der Waals surface area contributed by atoms with Crippen LogP contribution in [0.4, 0.5) is 0 Å². The number of benzene rings is 1. The van der Waals surface area contributed by atoms with Crippen LogP contribution in [0.1, 0.15) is 31.7 Å². The summed E-state index contributed by atoms with van der Waals surface area (Å²) in [5.74, 6) is 0.289. The number of carbonyl (C=O) groups is 1. The van der Waals surface area contributed by atoms with Gasteiger partial charge in [0.1, 0.15) is 0 Å². The van der Waals surface area contributed by atoms with E-state index in [1.807, 2.05) is 17.0 Å². The first kappa shape index (κ1) is 16.6. The number of piperazine rings is 1. The predicted octanol–water partition coefficient (Wildman–Crippen LogP) is 3.83. The van der Waals surface area contributed by atoms with Gasteiger partial charge in [0.05, 0.1) is 10.0 Å². The van der Waals surface area contributed by atoms with Crippen molar-refractivity contribution in [2.75, 3.05) is 26.2 Å². The molecule has 116 valence electrons. The van der Waals surface area contributed by atoms with Gasteiger partial charge in [-0.05, 0) is 18.1 Å². The smallest absolute Gasteiger partial charge is 0.222 e. The second-order valence-electron chi connectivity index (χ2n) is 5.47. The second kappa shape index (κ2) is 8.02. The minimum absolute atomic E-state index is 0.289. The molecule has 3 nitrogen and oxygen atoms in total. The Kier molecular flexibility index (Phi) is 6.34.